The molecule has 1 unspecified atom stereocenters. The summed E-state index contributed by atoms with van der Waals surface area (Å²) in [5.74, 6) is 6.41. The average Bonchev–Trinajstić information content (AvgIpc) is 2.33. The van der Waals surface area contributed by atoms with Crippen LogP contribution < -0.4 is 11.3 Å². The normalized spacial score (nSPS) is 25.5. The number of ether oxygens (including phenoxy) is 1. The molecule has 0 amide bonds. The largest absolute Gasteiger partial charge is 0.501 e. The summed E-state index contributed by atoms with van der Waals surface area (Å²) in [6, 6.07) is 0.352. The van der Waals surface area contributed by atoms with Crippen molar-refractivity contribution in [1.82, 2.24) is 5.43 Å². The van der Waals surface area contributed by atoms with Crippen molar-refractivity contribution in [1.29, 1.82) is 0 Å². The SMILES string of the molecule is NNC(C1=COCCC1)C1CCCCC1. The van der Waals surface area contributed by atoms with Crippen LogP contribution in [-0.4, -0.2) is 12.6 Å². The quantitative estimate of drug-likeness (QED) is 0.554. The van der Waals surface area contributed by atoms with Gasteiger partial charge in [0.15, 0.2) is 0 Å². The van der Waals surface area contributed by atoms with E-state index < -0.39 is 0 Å². The maximum absolute atomic E-state index is 5.69. The van der Waals surface area contributed by atoms with Crippen LogP contribution >= 0.6 is 0 Å². The zero-order valence-corrected chi connectivity index (χ0v) is 9.37. The Kier molecular flexibility index (Phi) is 4.03. The second kappa shape index (κ2) is 5.52. The number of hydrogen-bond acceptors (Lipinski definition) is 3. The first-order valence-corrected chi connectivity index (χ1v) is 6.18. The molecule has 15 heavy (non-hydrogen) atoms. The lowest BCUT2D eigenvalue weighted by Crippen LogP contribution is -2.43. The van der Waals surface area contributed by atoms with E-state index in [1.54, 1.807) is 0 Å². The Balaban J connectivity index is 1.98. The molecule has 0 aromatic heterocycles. The Hall–Kier alpha value is -0.540. The molecule has 2 rings (SSSR count). The summed E-state index contributed by atoms with van der Waals surface area (Å²) >= 11 is 0. The molecule has 1 saturated carbocycles. The predicted octanol–water partition coefficient (Wildman–Crippen LogP) is 2.09. The average molecular weight is 210 g/mol. The standard InChI is InChI=1S/C12H22N2O/c13-14-12(10-5-2-1-3-6-10)11-7-4-8-15-9-11/h9-10,12,14H,1-8,13H2. The van der Waals surface area contributed by atoms with Gasteiger partial charge in [-0.3, -0.25) is 11.3 Å². The van der Waals surface area contributed by atoms with Gasteiger partial charge in [0.1, 0.15) is 0 Å². The lowest BCUT2D eigenvalue weighted by molar-refractivity contribution is 0.207. The van der Waals surface area contributed by atoms with Crippen LogP contribution in [0.25, 0.3) is 0 Å². The summed E-state index contributed by atoms with van der Waals surface area (Å²) in [4.78, 5) is 0. The molecule has 1 aliphatic heterocycles. The van der Waals surface area contributed by atoms with Crippen LogP contribution in [-0.2, 0) is 4.74 Å². The van der Waals surface area contributed by atoms with E-state index in [1.165, 1.54) is 37.7 Å². The Labute approximate surface area is 92.0 Å². The van der Waals surface area contributed by atoms with Gasteiger partial charge in [0.2, 0.25) is 0 Å². The van der Waals surface area contributed by atoms with Crippen LogP contribution in [0.4, 0.5) is 0 Å². The number of hydrazine groups is 1. The van der Waals surface area contributed by atoms with Crippen LogP contribution in [0.3, 0.4) is 0 Å². The Morgan fingerprint density at radius 2 is 2.07 bits per heavy atom. The molecule has 2 aliphatic rings. The molecule has 0 saturated heterocycles. The first kappa shape index (κ1) is 11.0. The summed E-state index contributed by atoms with van der Waals surface area (Å²) in [6.07, 6.45) is 10.9. The molecule has 3 N–H and O–H groups in total. The number of hydrogen-bond donors (Lipinski definition) is 2. The lowest BCUT2D eigenvalue weighted by Gasteiger charge is -2.32. The first-order chi connectivity index (χ1) is 7.42. The van der Waals surface area contributed by atoms with Crippen LogP contribution in [0.5, 0.6) is 0 Å². The number of nitrogens with two attached hydrogens (primary N) is 1. The van der Waals surface area contributed by atoms with Crippen LogP contribution in [0, 0.1) is 5.92 Å². The van der Waals surface area contributed by atoms with Gasteiger partial charge < -0.3 is 4.74 Å². The topological polar surface area (TPSA) is 47.3 Å². The molecule has 0 radical (unpaired) electrons. The van der Waals surface area contributed by atoms with Gasteiger partial charge in [0.05, 0.1) is 12.9 Å². The van der Waals surface area contributed by atoms with Crippen molar-refractivity contribution in [3.63, 3.8) is 0 Å². The fraction of sp³-hybridized carbons (Fsp3) is 0.833. The van der Waals surface area contributed by atoms with Crippen molar-refractivity contribution in [2.24, 2.45) is 11.8 Å². The highest BCUT2D eigenvalue weighted by Gasteiger charge is 2.26. The van der Waals surface area contributed by atoms with E-state index in [0.29, 0.717) is 6.04 Å². The minimum Gasteiger partial charge on any atom is -0.501 e. The predicted molar refractivity (Wildman–Crippen MR) is 61.0 cm³/mol. The maximum atomic E-state index is 5.69. The first-order valence-electron chi connectivity index (χ1n) is 6.18. The molecular weight excluding hydrogens is 188 g/mol. The van der Waals surface area contributed by atoms with Crippen molar-refractivity contribution in [3.05, 3.63) is 11.8 Å². The van der Waals surface area contributed by atoms with Crippen molar-refractivity contribution in [2.75, 3.05) is 6.61 Å². The van der Waals surface area contributed by atoms with E-state index >= 15 is 0 Å². The van der Waals surface area contributed by atoms with Gasteiger partial charge >= 0.3 is 0 Å². The minimum absolute atomic E-state index is 0.352. The summed E-state index contributed by atoms with van der Waals surface area (Å²) in [6.45, 7) is 0.867. The molecule has 86 valence electrons. The van der Waals surface area contributed by atoms with Crippen LogP contribution in [0.1, 0.15) is 44.9 Å². The molecule has 3 nitrogen and oxygen atoms in total. The van der Waals surface area contributed by atoms with Gasteiger partial charge in [-0.2, -0.15) is 0 Å². The summed E-state index contributed by atoms with van der Waals surface area (Å²) in [5, 5.41) is 0. The van der Waals surface area contributed by atoms with Crippen molar-refractivity contribution in [2.45, 2.75) is 51.0 Å². The van der Waals surface area contributed by atoms with E-state index in [1.807, 2.05) is 6.26 Å². The van der Waals surface area contributed by atoms with Crippen LogP contribution in [0.2, 0.25) is 0 Å². The third kappa shape index (κ3) is 2.73. The molecule has 0 aromatic rings. The second-order valence-corrected chi connectivity index (χ2v) is 4.71. The summed E-state index contributed by atoms with van der Waals surface area (Å²) < 4.78 is 5.40. The van der Waals surface area contributed by atoms with Gasteiger partial charge in [0.25, 0.3) is 0 Å². The second-order valence-electron chi connectivity index (χ2n) is 4.71. The van der Waals surface area contributed by atoms with E-state index in [4.69, 9.17) is 10.6 Å². The third-order valence-electron chi connectivity index (χ3n) is 3.66. The zero-order valence-electron chi connectivity index (χ0n) is 9.37. The van der Waals surface area contributed by atoms with Crippen molar-refractivity contribution >= 4 is 0 Å². The van der Waals surface area contributed by atoms with E-state index in [9.17, 15) is 0 Å². The molecule has 1 atom stereocenters. The fourth-order valence-corrected chi connectivity index (χ4v) is 2.83. The summed E-state index contributed by atoms with van der Waals surface area (Å²) in [7, 11) is 0. The molecule has 3 heteroatoms. The molecule has 0 spiro atoms. The van der Waals surface area contributed by atoms with Gasteiger partial charge in [-0.05, 0) is 37.2 Å². The molecule has 1 fully saturated rings. The highest BCUT2D eigenvalue weighted by molar-refractivity contribution is 5.11. The van der Waals surface area contributed by atoms with Crippen LogP contribution in [0.15, 0.2) is 11.8 Å². The monoisotopic (exact) mass is 210 g/mol. The van der Waals surface area contributed by atoms with E-state index in [-0.39, 0.29) is 0 Å². The highest BCUT2D eigenvalue weighted by atomic mass is 16.5. The summed E-state index contributed by atoms with van der Waals surface area (Å²) in [5.41, 5.74) is 4.36. The zero-order chi connectivity index (χ0) is 10.5. The lowest BCUT2D eigenvalue weighted by atomic mass is 9.80. The smallest absolute Gasteiger partial charge is 0.0876 e. The molecule has 1 aliphatic carbocycles. The van der Waals surface area contributed by atoms with E-state index in [2.05, 4.69) is 5.43 Å². The number of rotatable bonds is 3. The maximum Gasteiger partial charge on any atom is 0.0876 e. The number of nitrogens with one attached hydrogen (secondary N) is 1. The van der Waals surface area contributed by atoms with Gasteiger partial charge in [0, 0.05) is 6.04 Å². The van der Waals surface area contributed by atoms with Crippen molar-refractivity contribution < 1.29 is 4.74 Å². The highest BCUT2D eigenvalue weighted by Crippen LogP contribution is 2.31. The molecule has 0 bridgehead atoms. The Bertz CT molecular complexity index is 222. The Morgan fingerprint density at radius 1 is 1.27 bits per heavy atom. The molecule has 1 heterocycles. The third-order valence-corrected chi connectivity index (χ3v) is 3.66. The van der Waals surface area contributed by atoms with Gasteiger partial charge in [-0.15, -0.1) is 0 Å². The fourth-order valence-electron chi connectivity index (χ4n) is 2.83. The van der Waals surface area contributed by atoms with E-state index in [0.717, 1.165) is 25.4 Å². The van der Waals surface area contributed by atoms with Gasteiger partial charge in [-0.1, -0.05) is 19.3 Å². The van der Waals surface area contributed by atoms with Crippen molar-refractivity contribution in [3.8, 4) is 0 Å². The Morgan fingerprint density at radius 3 is 2.67 bits per heavy atom. The molecular formula is C12H22N2O. The van der Waals surface area contributed by atoms with Gasteiger partial charge in [-0.25, -0.2) is 0 Å². The minimum atomic E-state index is 0.352. The molecule has 0 aromatic carbocycles.